The highest BCUT2D eigenvalue weighted by Crippen LogP contribution is 2.65. The molecule has 1 saturated heterocycles. The Bertz CT molecular complexity index is 1330. The number of urea groups is 1. The fourth-order valence-corrected chi connectivity index (χ4v) is 7.36. The predicted octanol–water partition coefficient (Wildman–Crippen LogP) is 1.48. The van der Waals surface area contributed by atoms with Gasteiger partial charge in [-0.05, 0) is 66.4 Å². The van der Waals surface area contributed by atoms with Gasteiger partial charge in [0.2, 0.25) is 17.6 Å². The van der Waals surface area contributed by atoms with Gasteiger partial charge in [-0.15, -0.1) is 0 Å². The molecule has 2 saturated carbocycles. The van der Waals surface area contributed by atoms with Crippen molar-refractivity contribution in [1.29, 1.82) is 0 Å². The average Bonchev–Trinajstić information content (AvgIpc) is 3.72. The van der Waals surface area contributed by atoms with Crippen LogP contribution in [-0.2, 0) is 36.8 Å². The molecule has 0 bridgehead atoms. The molecule has 1 aromatic rings. The summed E-state index contributed by atoms with van der Waals surface area (Å²) in [6.45, 7) is 10.5. The summed E-state index contributed by atoms with van der Waals surface area (Å²) >= 11 is 0. The summed E-state index contributed by atoms with van der Waals surface area (Å²) in [4.78, 5) is 67.8. The van der Waals surface area contributed by atoms with Gasteiger partial charge in [-0.1, -0.05) is 63.1 Å². The maximum absolute atomic E-state index is 14.5. The molecule has 5 rings (SSSR count). The predicted molar refractivity (Wildman–Crippen MR) is 163 cm³/mol. The van der Waals surface area contributed by atoms with Gasteiger partial charge >= 0.3 is 6.03 Å². The SMILES string of the molecule is C=C(C)[C@@H](COC)NC(=O)N[C@H](C(=O)N1C[C@H]2[C@@H]([C@H]1C(=O)NC(CC1CC1)C(=O)C(N)=O)C2(C)C)C1Cc2ccccc2C1. The molecule has 3 fully saturated rings. The summed E-state index contributed by atoms with van der Waals surface area (Å²) in [7, 11) is 1.54. The molecular formula is C33H45N5O6. The van der Waals surface area contributed by atoms with E-state index in [1.165, 1.54) is 7.11 Å². The van der Waals surface area contributed by atoms with Gasteiger partial charge in [-0.25, -0.2) is 4.79 Å². The van der Waals surface area contributed by atoms with Crippen LogP contribution in [-0.4, -0.2) is 78.9 Å². The summed E-state index contributed by atoms with van der Waals surface area (Å²) in [5.41, 5.74) is 8.12. The lowest BCUT2D eigenvalue weighted by molar-refractivity contribution is -0.144. The monoisotopic (exact) mass is 607 g/mol. The maximum Gasteiger partial charge on any atom is 0.316 e. The summed E-state index contributed by atoms with van der Waals surface area (Å²) < 4.78 is 5.23. The Hall–Kier alpha value is -3.73. The van der Waals surface area contributed by atoms with Crippen LogP contribution in [0.25, 0.3) is 0 Å². The van der Waals surface area contributed by atoms with Crippen molar-refractivity contribution in [3.05, 3.63) is 47.5 Å². The van der Waals surface area contributed by atoms with Gasteiger partial charge in [-0.3, -0.25) is 19.2 Å². The Morgan fingerprint density at radius 1 is 1.05 bits per heavy atom. The maximum atomic E-state index is 14.5. The highest BCUT2D eigenvalue weighted by molar-refractivity contribution is 6.37. The molecule has 1 unspecified atom stereocenters. The van der Waals surface area contributed by atoms with E-state index in [2.05, 4.69) is 36.4 Å². The van der Waals surface area contributed by atoms with Gasteiger partial charge in [-0.2, -0.15) is 0 Å². The molecule has 44 heavy (non-hydrogen) atoms. The van der Waals surface area contributed by atoms with E-state index in [1.807, 2.05) is 24.3 Å². The minimum absolute atomic E-state index is 0.0978. The molecule has 5 N–H and O–H groups in total. The minimum atomic E-state index is -1.09. The molecule has 5 amide bonds. The summed E-state index contributed by atoms with van der Waals surface area (Å²) in [6.07, 6.45) is 3.42. The largest absolute Gasteiger partial charge is 0.382 e. The number of benzene rings is 1. The number of Topliss-reactive ketones (excluding diaryl/α,β-unsaturated/α-hetero) is 1. The molecule has 11 heteroatoms. The number of nitrogens with two attached hydrogens (primary N) is 1. The normalized spacial score (nSPS) is 25.2. The van der Waals surface area contributed by atoms with Crippen molar-refractivity contribution in [3.63, 3.8) is 0 Å². The molecule has 4 aliphatic rings. The lowest BCUT2D eigenvalue weighted by Crippen LogP contribution is -2.61. The molecule has 0 spiro atoms. The van der Waals surface area contributed by atoms with E-state index in [4.69, 9.17) is 10.5 Å². The number of hydrogen-bond donors (Lipinski definition) is 4. The number of carbonyl (C=O) groups is 5. The van der Waals surface area contributed by atoms with Crippen LogP contribution in [0.5, 0.6) is 0 Å². The zero-order chi connectivity index (χ0) is 31.9. The zero-order valence-corrected chi connectivity index (χ0v) is 26.1. The van der Waals surface area contributed by atoms with Crippen molar-refractivity contribution < 1.29 is 28.7 Å². The fourth-order valence-electron chi connectivity index (χ4n) is 7.36. The van der Waals surface area contributed by atoms with Gasteiger partial charge in [0.1, 0.15) is 12.1 Å². The second kappa shape index (κ2) is 12.3. The van der Waals surface area contributed by atoms with E-state index in [0.717, 1.165) is 24.0 Å². The summed E-state index contributed by atoms with van der Waals surface area (Å²) in [5.74, 6) is -2.68. The summed E-state index contributed by atoms with van der Waals surface area (Å²) in [5, 5.41) is 8.62. The smallest absolute Gasteiger partial charge is 0.316 e. The number of nitrogens with one attached hydrogen (secondary N) is 3. The lowest BCUT2D eigenvalue weighted by atomic mass is 9.93. The van der Waals surface area contributed by atoms with Crippen molar-refractivity contribution in [1.82, 2.24) is 20.9 Å². The van der Waals surface area contributed by atoms with Gasteiger partial charge in [0, 0.05) is 13.7 Å². The molecule has 1 aromatic carbocycles. The van der Waals surface area contributed by atoms with E-state index >= 15 is 0 Å². The first-order valence-electron chi connectivity index (χ1n) is 15.6. The third kappa shape index (κ3) is 6.38. The highest BCUT2D eigenvalue weighted by Gasteiger charge is 2.69. The Kier molecular flexibility index (Phi) is 8.89. The zero-order valence-electron chi connectivity index (χ0n) is 26.1. The molecule has 0 aromatic heterocycles. The Balaban J connectivity index is 1.39. The van der Waals surface area contributed by atoms with Crippen LogP contribution in [0.1, 0.15) is 51.2 Å². The molecule has 238 valence electrons. The van der Waals surface area contributed by atoms with Gasteiger partial charge in [0.05, 0.1) is 18.7 Å². The van der Waals surface area contributed by atoms with Crippen LogP contribution >= 0.6 is 0 Å². The fraction of sp³-hybridized carbons (Fsp3) is 0.606. The number of fused-ring (bicyclic) bond motifs is 2. The van der Waals surface area contributed by atoms with Gasteiger partial charge in [0.25, 0.3) is 5.91 Å². The molecule has 3 aliphatic carbocycles. The van der Waals surface area contributed by atoms with Crippen molar-refractivity contribution in [2.24, 2.45) is 34.8 Å². The number of hydrogen-bond acceptors (Lipinski definition) is 6. The Morgan fingerprint density at radius 2 is 1.68 bits per heavy atom. The first kappa shape index (κ1) is 31.7. The average molecular weight is 608 g/mol. The van der Waals surface area contributed by atoms with E-state index in [9.17, 15) is 24.0 Å². The molecular weight excluding hydrogens is 562 g/mol. The first-order valence-corrected chi connectivity index (χ1v) is 15.6. The third-order valence-corrected chi connectivity index (χ3v) is 10.2. The number of nitrogens with zero attached hydrogens (tertiary/aromatic N) is 1. The number of piperidine rings is 1. The van der Waals surface area contributed by atoms with E-state index in [1.54, 1.807) is 11.8 Å². The van der Waals surface area contributed by atoms with Crippen LogP contribution in [0.15, 0.2) is 36.4 Å². The highest BCUT2D eigenvalue weighted by atomic mass is 16.5. The number of likely N-dealkylation sites (tertiary alicyclic amines) is 1. The van der Waals surface area contributed by atoms with Crippen molar-refractivity contribution in [3.8, 4) is 0 Å². The van der Waals surface area contributed by atoms with Crippen LogP contribution in [0.4, 0.5) is 4.79 Å². The van der Waals surface area contributed by atoms with Crippen LogP contribution in [0, 0.1) is 29.1 Å². The van der Waals surface area contributed by atoms with Gasteiger partial charge in [0.15, 0.2) is 0 Å². The molecule has 11 nitrogen and oxygen atoms in total. The van der Waals surface area contributed by atoms with Crippen molar-refractivity contribution in [2.45, 2.75) is 77.0 Å². The second-order valence-corrected chi connectivity index (χ2v) is 13.7. The number of amides is 5. The van der Waals surface area contributed by atoms with Crippen molar-refractivity contribution in [2.75, 3.05) is 20.3 Å². The third-order valence-electron chi connectivity index (χ3n) is 10.2. The number of rotatable bonds is 13. The lowest BCUT2D eigenvalue weighted by Gasteiger charge is -2.35. The Labute approximate surface area is 258 Å². The topological polar surface area (TPSA) is 160 Å². The number of methoxy groups -OCH3 is 1. The van der Waals surface area contributed by atoms with Crippen molar-refractivity contribution >= 4 is 29.5 Å². The number of primary amides is 1. The van der Waals surface area contributed by atoms with Crippen LogP contribution in [0.2, 0.25) is 0 Å². The first-order chi connectivity index (χ1) is 20.8. The number of ether oxygens (including phenoxy) is 1. The van der Waals surface area contributed by atoms with Crippen LogP contribution < -0.4 is 21.7 Å². The minimum Gasteiger partial charge on any atom is -0.382 e. The van der Waals surface area contributed by atoms with Crippen LogP contribution in [0.3, 0.4) is 0 Å². The molecule has 0 radical (unpaired) electrons. The van der Waals surface area contributed by atoms with E-state index in [0.29, 0.717) is 31.4 Å². The van der Waals surface area contributed by atoms with E-state index < -0.39 is 47.8 Å². The summed E-state index contributed by atoms with van der Waals surface area (Å²) in [6, 6.07) is 4.27. The van der Waals surface area contributed by atoms with Gasteiger partial charge < -0.3 is 31.3 Å². The Morgan fingerprint density at radius 3 is 2.23 bits per heavy atom. The quantitative estimate of drug-likeness (QED) is 0.196. The van der Waals surface area contributed by atoms with E-state index in [-0.39, 0.29) is 41.6 Å². The standard InChI is InChI=1S/C33H45N5O6/c1-17(2)24(16-44-5)36-32(43)37-26(21-13-19-8-6-7-9-20(19)14-21)31(42)38-15-22-25(33(22,3)4)27(38)30(41)35-23(12-18-10-11-18)28(39)29(34)40/h6-9,18,21-27H,1,10-16H2,2-5H3,(H2,34,40)(H,35,41)(H2,36,37,43)/t22-,23?,24+,25-,26-,27-/m0/s1. The second-order valence-electron chi connectivity index (χ2n) is 13.7. The molecule has 1 aliphatic heterocycles. The molecule has 1 heterocycles. The number of carbonyl (C=O) groups excluding carboxylic acids is 5. The molecule has 6 atom stereocenters. The number of ketones is 1.